The second-order valence-corrected chi connectivity index (χ2v) is 5.49. The summed E-state index contributed by atoms with van der Waals surface area (Å²) in [6.07, 6.45) is 0. The molecule has 0 aliphatic carbocycles. The molecule has 1 aromatic heterocycles. The minimum atomic E-state index is 0.240. The third kappa shape index (κ3) is 3.52. The molecule has 0 saturated heterocycles. The van der Waals surface area contributed by atoms with Crippen molar-refractivity contribution in [3.8, 4) is 0 Å². The molecule has 0 radical (unpaired) electrons. The van der Waals surface area contributed by atoms with Gasteiger partial charge in [-0.1, -0.05) is 37.0 Å². The van der Waals surface area contributed by atoms with Crippen molar-refractivity contribution in [3.05, 3.63) is 40.1 Å². The zero-order valence-electron chi connectivity index (χ0n) is 11.5. The number of halogens is 2. The summed E-state index contributed by atoms with van der Waals surface area (Å²) in [6.45, 7) is 4.10. The Labute approximate surface area is 128 Å². The summed E-state index contributed by atoms with van der Waals surface area (Å²) in [5.41, 5.74) is 0.756. The average molecular weight is 311 g/mol. The molecule has 1 heterocycles. The van der Waals surface area contributed by atoms with E-state index in [1.54, 1.807) is 12.1 Å². The van der Waals surface area contributed by atoms with Crippen LogP contribution in [0.4, 0.5) is 17.3 Å². The van der Waals surface area contributed by atoms with E-state index >= 15 is 0 Å². The Morgan fingerprint density at radius 2 is 1.75 bits per heavy atom. The smallest absolute Gasteiger partial charge is 0.136 e. The van der Waals surface area contributed by atoms with E-state index in [2.05, 4.69) is 20.6 Å². The van der Waals surface area contributed by atoms with E-state index in [0.717, 1.165) is 17.3 Å². The lowest BCUT2D eigenvalue weighted by molar-refractivity contribution is 0.778. The molecule has 6 heteroatoms. The van der Waals surface area contributed by atoms with Gasteiger partial charge in [0.25, 0.3) is 0 Å². The van der Waals surface area contributed by atoms with E-state index in [4.69, 9.17) is 23.2 Å². The van der Waals surface area contributed by atoms with Gasteiger partial charge >= 0.3 is 0 Å². The van der Waals surface area contributed by atoms with E-state index in [0.29, 0.717) is 15.9 Å². The Morgan fingerprint density at radius 3 is 2.35 bits per heavy atom. The van der Waals surface area contributed by atoms with Crippen LogP contribution in [0.5, 0.6) is 0 Å². The van der Waals surface area contributed by atoms with Crippen LogP contribution in [-0.4, -0.2) is 17.0 Å². The molecule has 0 aliphatic heterocycles. The van der Waals surface area contributed by atoms with Gasteiger partial charge in [-0.2, -0.15) is 0 Å². The fraction of sp³-hybridized carbons (Fsp3) is 0.286. The van der Waals surface area contributed by atoms with Gasteiger partial charge < -0.3 is 10.6 Å². The van der Waals surface area contributed by atoms with Crippen LogP contribution in [0.25, 0.3) is 0 Å². The molecule has 20 heavy (non-hydrogen) atoms. The van der Waals surface area contributed by atoms with Gasteiger partial charge in [0.1, 0.15) is 17.5 Å². The van der Waals surface area contributed by atoms with Crippen LogP contribution < -0.4 is 10.6 Å². The molecule has 0 saturated carbocycles. The highest BCUT2D eigenvalue weighted by atomic mass is 35.5. The van der Waals surface area contributed by atoms with Crippen LogP contribution in [-0.2, 0) is 0 Å². The highest BCUT2D eigenvalue weighted by molar-refractivity contribution is 6.36. The largest absolute Gasteiger partial charge is 0.373 e. The Balaban J connectivity index is 2.34. The first kappa shape index (κ1) is 14.9. The number of nitrogens with zero attached hydrogens (tertiary/aromatic N) is 2. The van der Waals surface area contributed by atoms with Crippen molar-refractivity contribution in [2.75, 3.05) is 17.7 Å². The fourth-order valence-corrected chi connectivity index (χ4v) is 2.10. The fourth-order valence-electron chi connectivity index (χ4n) is 1.65. The normalized spacial score (nSPS) is 10.7. The van der Waals surface area contributed by atoms with Gasteiger partial charge in [-0.05, 0) is 18.2 Å². The monoisotopic (exact) mass is 310 g/mol. The Morgan fingerprint density at radius 1 is 1.05 bits per heavy atom. The molecule has 106 valence electrons. The summed E-state index contributed by atoms with van der Waals surface area (Å²) in [6, 6.07) is 7.12. The average Bonchev–Trinajstić information content (AvgIpc) is 2.41. The van der Waals surface area contributed by atoms with Crippen LogP contribution in [0, 0.1) is 0 Å². The standard InChI is InChI=1S/C14H16Cl2N4/c1-8(2)14-19-12(17-3)7-13(20-14)18-11-5-4-9(15)6-10(11)16/h4-8H,1-3H3,(H2,17,18,19,20). The van der Waals surface area contributed by atoms with Crippen molar-refractivity contribution in [2.24, 2.45) is 0 Å². The van der Waals surface area contributed by atoms with Gasteiger partial charge in [0.15, 0.2) is 0 Å². The molecule has 0 aliphatic rings. The lowest BCUT2D eigenvalue weighted by atomic mass is 10.2. The SMILES string of the molecule is CNc1cc(Nc2ccc(Cl)cc2Cl)nc(C(C)C)n1. The third-order valence-corrected chi connectivity index (χ3v) is 3.26. The molecular weight excluding hydrogens is 295 g/mol. The molecule has 0 amide bonds. The van der Waals surface area contributed by atoms with E-state index in [9.17, 15) is 0 Å². The third-order valence-electron chi connectivity index (χ3n) is 2.71. The summed E-state index contributed by atoms with van der Waals surface area (Å²) in [5.74, 6) is 2.46. The van der Waals surface area contributed by atoms with Crippen molar-refractivity contribution in [1.29, 1.82) is 0 Å². The molecule has 0 unspecified atom stereocenters. The first-order valence-electron chi connectivity index (χ1n) is 6.28. The summed E-state index contributed by atoms with van der Waals surface area (Å²) in [7, 11) is 1.82. The van der Waals surface area contributed by atoms with Crippen LogP contribution >= 0.6 is 23.2 Å². The molecule has 0 atom stereocenters. The minimum Gasteiger partial charge on any atom is -0.373 e. The number of hydrogen-bond donors (Lipinski definition) is 2. The van der Waals surface area contributed by atoms with Gasteiger partial charge in [-0.3, -0.25) is 0 Å². The van der Waals surface area contributed by atoms with Crippen molar-refractivity contribution in [2.45, 2.75) is 19.8 Å². The molecule has 2 N–H and O–H groups in total. The molecule has 0 spiro atoms. The van der Waals surface area contributed by atoms with E-state index in [1.165, 1.54) is 0 Å². The second kappa shape index (κ2) is 6.29. The van der Waals surface area contributed by atoms with Crippen molar-refractivity contribution in [3.63, 3.8) is 0 Å². The van der Waals surface area contributed by atoms with Gasteiger partial charge in [0.2, 0.25) is 0 Å². The first-order valence-corrected chi connectivity index (χ1v) is 7.04. The highest BCUT2D eigenvalue weighted by Gasteiger charge is 2.09. The zero-order valence-corrected chi connectivity index (χ0v) is 13.0. The predicted molar refractivity (Wildman–Crippen MR) is 85.4 cm³/mol. The first-order chi connectivity index (χ1) is 9.49. The Bertz CT molecular complexity index is 614. The highest BCUT2D eigenvalue weighted by Crippen LogP contribution is 2.28. The quantitative estimate of drug-likeness (QED) is 0.860. The van der Waals surface area contributed by atoms with E-state index in [-0.39, 0.29) is 5.92 Å². The molecule has 2 aromatic rings. The van der Waals surface area contributed by atoms with Crippen molar-refractivity contribution >= 4 is 40.5 Å². The van der Waals surface area contributed by atoms with Gasteiger partial charge in [0.05, 0.1) is 10.7 Å². The van der Waals surface area contributed by atoms with Crippen molar-refractivity contribution < 1.29 is 0 Å². The van der Waals surface area contributed by atoms with Crippen LogP contribution in [0.2, 0.25) is 10.0 Å². The van der Waals surface area contributed by atoms with Gasteiger partial charge in [-0.15, -0.1) is 0 Å². The number of rotatable bonds is 4. The number of hydrogen-bond acceptors (Lipinski definition) is 4. The lowest BCUT2D eigenvalue weighted by Gasteiger charge is -2.12. The number of anilines is 3. The topological polar surface area (TPSA) is 49.8 Å². The Kier molecular flexibility index (Phi) is 4.68. The number of aromatic nitrogens is 2. The maximum Gasteiger partial charge on any atom is 0.136 e. The summed E-state index contributed by atoms with van der Waals surface area (Å²) in [5, 5.41) is 7.36. The van der Waals surface area contributed by atoms with E-state index < -0.39 is 0 Å². The van der Waals surface area contributed by atoms with Gasteiger partial charge in [-0.25, -0.2) is 9.97 Å². The Hall–Kier alpha value is -1.52. The maximum absolute atomic E-state index is 6.15. The summed E-state index contributed by atoms with van der Waals surface area (Å²) >= 11 is 12.0. The summed E-state index contributed by atoms with van der Waals surface area (Å²) in [4.78, 5) is 8.90. The van der Waals surface area contributed by atoms with Crippen LogP contribution in [0.3, 0.4) is 0 Å². The zero-order chi connectivity index (χ0) is 14.7. The molecule has 0 bridgehead atoms. The lowest BCUT2D eigenvalue weighted by Crippen LogP contribution is -2.05. The number of nitrogens with one attached hydrogen (secondary N) is 2. The predicted octanol–water partition coefficient (Wildman–Crippen LogP) is 4.69. The second-order valence-electron chi connectivity index (χ2n) is 4.65. The molecule has 4 nitrogen and oxygen atoms in total. The van der Waals surface area contributed by atoms with E-state index in [1.807, 2.05) is 33.0 Å². The van der Waals surface area contributed by atoms with Gasteiger partial charge in [0, 0.05) is 24.1 Å². The molecule has 1 aromatic carbocycles. The molecule has 0 fully saturated rings. The van der Waals surface area contributed by atoms with Crippen molar-refractivity contribution in [1.82, 2.24) is 9.97 Å². The number of benzene rings is 1. The van der Waals surface area contributed by atoms with Crippen LogP contribution in [0.1, 0.15) is 25.6 Å². The minimum absolute atomic E-state index is 0.240. The molecular formula is C14H16Cl2N4. The maximum atomic E-state index is 6.15. The van der Waals surface area contributed by atoms with Crippen LogP contribution in [0.15, 0.2) is 24.3 Å². The molecule has 2 rings (SSSR count). The summed E-state index contributed by atoms with van der Waals surface area (Å²) < 4.78 is 0.